The fourth-order valence-corrected chi connectivity index (χ4v) is 2.14. The number of hydrogen-bond acceptors (Lipinski definition) is 0. The molecule has 2 nitrogen and oxygen atoms in total. The highest BCUT2D eigenvalue weighted by Crippen LogP contribution is 2.04. The van der Waals surface area contributed by atoms with Crippen molar-refractivity contribution in [3.8, 4) is 0 Å². The van der Waals surface area contributed by atoms with Gasteiger partial charge in [0.25, 0.3) is 5.82 Å². The summed E-state index contributed by atoms with van der Waals surface area (Å²) in [6.07, 6.45) is 8.65. The highest BCUT2D eigenvalue weighted by molar-refractivity contribution is 5.33. The molecule has 1 aromatic carbocycles. The van der Waals surface area contributed by atoms with Crippen LogP contribution in [0.2, 0.25) is 0 Å². The number of rotatable bonds is 6. The molecule has 0 amide bonds. The van der Waals surface area contributed by atoms with E-state index in [2.05, 4.69) is 65.4 Å². The molecule has 0 aliphatic carbocycles. The van der Waals surface area contributed by atoms with Crippen molar-refractivity contribution >= 4 is 6.08 Å². The number of nitrogens with zero attached hydrogens (tertiary/aromatic N) is 2. The maximum Gasteiger partial charge on any atom is 0.281 e. The van der Waals surface area contributed by atoms with Crippen LogP contribution < -0.4 is 4.57 Å². The Morgan fingerprint density at radius 1 is 1.28 bits per heavy atom. The molecular formula is C16H21N2+. The summed E-state index contributed by atoms with van der Waals surface area (Å²) >= 11 is 0. The van der Waals surface area contributed by atoms with E-state index in [0.717, 1.165) is 13.1 Å². The first-order valence-corrected chi connectivity index (χ1v) is 6.60. The van der Waals surface area contributed by atoms with Gasteiger partial charge in [0.2, 0.25) is 0 Å². The number of aromatic nitrogens is 2. The average molecular weight is 241 g/mol. The first-order chi connectivity index (χ1) is 8.85. The highest BCUT2D eigenvalue weighted by atomic mass is 15.1. The second-order valence-electron chi connectivity index (χ2n) is 4.52. The molecule has 0 saturated heterocycles. The van der Waals surface area contributed by atoms with Crippen LogP contribution in [0.3, 0.4) is 0 Å². The Balaban J connectivity index is 2.18. The first-order valence-electron chi connectivity index (χ1n) is 6.60. The standard InChI is InChI=1S/C16H21N2/c1-3-5-11-17-12-13-18(16(17)4-2)14-15-9-7-6-8-10-15/h4,6-10,12-13H,2-3,5,11,14H2,1H3/q+1. The van der Waals surface area contributed by atoms with Gasteiger partial charge in [0, 0.05) is 6.08 Å². The Labute approximate surface area is 109 Å². The zero-order chi connectivity index (χ0) is 12.8. The van der Waals surface area contributed by atoms with Gasteiger partial charge in [-0.1, -0.05) is 50.3 Å². The van der Waals surface area contributed by atoms with E-state index in [1.54, 1.807) is 0 Å². The molecule has 2 aromatic rings. The summed E-state index contributed by atoms with van der Waals surface area (Å²) in [4.78, 5) is 0. The molecule has 0 fully saturated rings. The van der Waals surface area contributed by atoms with E-state index in [0.29, 0.717) is 0 Å². The summed E-state index contributed by atoms with van der Waals surface area (Å²) in [5.41, 5.74) is 1.32. The zero-order valence-corrected chi connectivity index (χ0v) is 11.0. The lowest BCUT2D eigenvalue weighted by molar-refractivity contribution is -0.689. The van der Waals surface area contributed by atoms with Gasteiger partial charge in [0.05, 0.1) is 6.54 Å². The minimum atomic E-state index is 0.904. The van der Waals surface area contributed by atoms with E-state index in [1.165, 1.54) is 24.2 Å². The van der Waals surface area contributed by atoms with Gasteiger partial charge in [0.1, 0.15) is 18.9 Å². The molecule has 0 saturated carbocycles. The van der Waals surface area contributed by atoms with E-state index >= 15 is 0 Å². The molecule has 0 aliphatic rings. The lowest BCUT2D eigenvalue weighted by Gasteiger charge is -2.01. The quantitative estimate of drug-likeness (QED) is 0.686. The fraction of sp³-hybridized carbons (Fsp3) is 0.312. The lowest BCUT2D eigenvalue weighted by atomic mass is 10.2. The van der Waals surface area contributed by atoms with Gasteiger partial charge >= 0.3 is 0 Å². The van der Waals surface area contributed by atoms with E-state index in [9.17, 15) is 0 Å². The van der Waals surface area contributed by atoms with Crippen LogP contribution in [-0.2, 0) is 13.1 Å². The minimum Gasteiger partial charge on any atom is -0.231 e. The maximum atomic E-state index is 3.93. The molecule has 0 aliphatic heterocycles. The predicted molar refractivity (Wildman–Crippen MR) is 75.2 cm³/mol. The van der Waals surface area contributed by atoms with Gasteiger partial charge in [-0.3, -0.25) is 0 Å². The Morgan fingerprint density at radius 3 is 2.72 bits per heavy atom. The molecule has 0 bridgehead atoms. The molecule has 1 aromatic heterocycles. The second-order valence-corrected chi connectivity index (χ2v) is 4.52. The summed E-state index contributed by atoms with van der Waals surface area (Å²) in [5, 5.41) is 0. The average Bonchev–Trinajstić information content (AvgIpc) is 2.79. The molecular weight excluding hydrogens is 220 g/mol. The lowest BCUT2D eigenvalue weighted by Crippen LogP contribution is -2.36. The van der Waals surface area contributed by atoms with Crippen molar-refractivity contribution in [3.63, 3.8) is 0 Å². The topological polar surface area (TPSA) is 8.81 Å². The Kier molecular flexibility index (Phi) is 4.35. The highest BCUT2D eigenvalue weighted by Gasteiger charge is 2.13. The second kappa shape index (κ2) is 6.20. The fourth-order valence-electron chi connectivity index (χ4n) is 2.14. The molecule has 0 radical (unpaired) electrons. The van der Waals surface area contributed by atoms with Crippen molar-refractivity contribution in [1.82, 2.24) is 4.57 Å². The summed E-state index contributed by atoms with van der Waals surface area (Å²) in [6.45, 7) is 8.12. The van der Waals surface area contributed by atoms with Crippen LogP contribution in [0.4, 0.5) is 0 Å². The van der Waals surface area contributed by atoms with E-state index < -0.39 is 0 Å². The molecule has 2 heteroatoms. The molecule has 18 heavy (non-hydrogen) atoms. The summed E-state index contributed by atoms with van der Waals surface area (Å²) < 4.78 is 4.53. The molecule has 2 rings (SSSR count). The van der Waals surface area contributed by atoms with E-state index in [-0.39, 0.29) is 0 Å². The smallest absolute Gasteiger partial charge is 0.231 e. The van der Waals surface area contributed by atoms with Crippen LogP contribution in [0.25, 0.3) is 6.08 Å². The van der Waals surface area contributed by atoms with Crippen LogP contribution in [0.15, 0.2) is 49.3 Å². The van der Waals surface area contributed by atoms with Crippen LogP contribution >= 0.6 is 0 Å². The third-order valence-electron chi connectivity index (χ3n) is 3.15. The maximum absolute atomic E-state index is 3.93. The van der Waals surface area contributed by atoms with Crippen molar-refractivity contribution in [3.05, 3.63) is 60.7 Å². The Hall–Kier alpha value is -1.83. The minimum absolute atomic E-state index is 0.904. The third-order valence-corrected chi connectivity index (χ3v) is 3.15. The number of hydrogen-bond donors (Lipinski definition) is 0. The monoisotopic (exact) mass is 241 g/mol. The summed E-state index contributed by atoms with van der Waals surface area (Å²) in [6, 6.07) is 10.5. The van der Waals surface area contributed by atoms with Crippen molar-refractivity contribution in [2.45, 2.75) is 32.9 Å². The summed E-state index contributed by atoms with van der Waals surface area (Å²) in [7, 11) is 0. The zero-order valence-electron chi connectivity index (χ0n) is 11.0. The molecule has 0 atom stereocenters. The van der Waals surface area contributed by atoms with Crippen LogP contribution in [-0.4, -0.2) is 4.57 Å². The largest absolute Gasteiger partial charge is 0.281 e. The van der Waals surface area contributed by atoms with Crippen molar-refractivity contribution in [1.29, 1.82) is 0 Å². The number of imidazole rings is 1. The molecule has 94 valence electrons. The molecule has 1 heterocycles. The summed E-state index contributed by atoms with van der Waals surface area (Å²) in [5.74, 6) is 1.19. The van der Waals surface area contributed by atoms with Gasteiger partial charge in [-0.15, -0.1) is 0 Å². The number of unbranched alkanes of at least 4 members (excludes halogenated alkanes) is 1. The third kappa shape index (κ3) is 2.89. The SMILES string of the molecule is C=Cc1n(CCCC)cc[n+]1Cc1ccccc1. The number of aryl methyl sites for hydroxylation is 1. The predicted octanol–water partition coefficient (Wildman–Crippen LogP) is 3.27. The van der Waals surface area contributed by atoms with Crippen LogP contribution in [0, 0.1) is 0 Å². The Bertz CT molecular complexity index is 497. The number of benzene rings is 1. The van der Waals surface area contributed by atoms with Gasteiger partial charge in [0.15, 0.2) is 0 Å². The molecule has 0 N–H and O–H groups in total. The van der Waals surface area contributed by atoms with Gasteiger partial charge in [-0.2, -0.15) is 0 Å². The van der Waals surface area contributed by atoms with Crippen molar-refractivity contribution < 1.29 is 4.57 Å². The normalized spacial score (nSPS) is 10.5. The molecule has 0 unspecified atom stereocenters. The van der Waals surface area contributed by atoms with Crippen LogP contribution in [0.1, 0.15) is 31.2 Å². The first kappa shape index (κ1) is 12.6. The van der Waals surface area contributed by atoms with Crippen molar-refractivity contribution in [2.24, 2.45) is 0 Å². The van der Waals surface area contributed by atoms with Crippen molar-refractivity contribution in [2.75, 3.05) is 0 Å². The van der Waals surface area contributed by atoms with Crippen LogP contribution in [0.5, 0.6) is 0 Å². The van der Waals surface area contributed by atoms with Gasteiger partial charge in [-0.05, 0) is 12.0 Å². The van der Waals surface area contributed by atoms with Gasteiger partial charge in [-0.25, -0.2) is 9.13 Å². The molecule has 0 spiro atoms. The van der Waals surface area contributed by atoms with E-state index in [4.69, 9.17) is 0 Å². The van der Waals surface area contributed by atoms with Gasteiger partial charge < -0.3 is 0 Å². The Morgan fingerprint density at radius 2 is 2.06 bits per heavy atom. The van der Waals surface area contributed by atoms with E-state index in [1.807, 2.05) is 6.08 Å².